The maximum absolute atomic E-state index is 12.9. The average Bonchev–Trinajstić information content (AvgIpc) is 2.85. The standard InChI is InChI=1S/C20H21NO/c1-2-21-14-13-20(19(21)22,15-17-9-5-3-6-10-17)16-18-11-7-4-8-12-18/h2-12H,1,13-16H2. The van der Waals surface area contributed by atoms with Gasteiger partial charge in [0.2, 0.25) is 5.91 Å². The van der Waals surface area contributed by atoms with Gasteiger partial charge < -0.3 is 4.90 Å². The monoisotopic (exact) mass is 291 g/mol. The van der Waals surface area contributed by atoms with Crippen molar-refractivity contribution in [1.82, 2.24) is 4.90 Å². The van der Waals surface area contributed by atoms with Crippen molar-refractivity contribution in [1.29, 1.82) is 0 Å². The van der Waals surface area contributed by atoms with Crippen LogP contribution in [0.5, 0.6) is 0 Å². The predicted octanol–water partition coefficient (Wildman–Crippen LogP) is 3.83. The van der Waals surface area contributed by atoms with E-state index in [9.17, 15) is 4.79 Å². The van der Waals surface area contributed by atoms with Gasteiger partial charge in [-0.1, -0.05) is 67.2 Å². The van der Waals surface area contributed by atoms with Crippen molar-refractivity contribution in [3.05, 3.63) is 84.6 Å². The van der Waals surface area contributed by atoms with Crippen LogP contribution in [-0.4, -0.2) is 17.4 Å². The van der Waals surface area contributed by atoms with Crippen LogP contribution in [0.1, 0.15) is 17.5 Å². The van der Waals surface area contributed by atoms with E-state index in [4.69, 9.17) is 0 Å². The molecule has 0 aliphatic carbocycles. The quantitative estimate of drug-likeness (QED) is 0.819. The molecular weight excluding hydrogens is 270 g/mol. The summed E-state index contributed by atoms with van der Waals surface area (Å²) >= 11 is 0. The molecule has 2 nitrogen and oxygen atoms in total. The van der Waals surface area contributed by atoms with Crippen molar-refractivity contribution < 1.29 is 4.79 Å². The molecule has 112 valence electrons. The van der Waals surface area contributed by atoms with Crippen LogP contribution in [-0.2, 0) is 17.6 Å². The number of carbonyl (C=O) groups excluding carboxylic acids is 1. The molecule has 0 N–H and O–H groups in total. The highest BCUT2D eigenvalue weighted by molar-refractivity contribution is 5.86. The maximum Gasteiger partial charge on any atom is 0.233 e. The number of rotatable bonds is 5. The van der Waals surface area contributed by atoms with Gasteiger partial charge in [0, 0.05) is 6.54 Å². The van der Waals surface area contributed by atoms with Crippen molar-refractivity contribution >= 4 is 5.91 Å². The second kappa shape index (κ2) is 6.18. The van der Waals surface area contributed by atoms with Gasteiger partial charge in [-0.05, 0) is 36.6 Å². The van der Waals surface area contributed by atoms with E-state index in [0.717, 1.165) is 25.8 Å². The van der Waals surface area contributed by atoms with Crippen molar-refractivity contribution in [3.63, 3.8) is 0 Å². The minimum absolute atomic E-state index is 0.204. The maximum atomic E-state index is 12.9. The lowest BCUT2D eigenvalue weighted by Gasteiger charge is -2.27. The normalized spacial score (nSPS) is 16.7. The smallest absolute Gasteiger partial charge is 0.233 e. The highest BCUT2D eigenvalue weighted by atomic mass is 16.2. The molecule has 0 aromatic heterocycles. The topological polar surface area (TPSA) is 20.3 Å². The molecule has 0 bridgehead atoms. The summed E-state index contributed by atoms with van der Waals surface area (Å²) in [6.07, 6.45) is 4.11. The van der Waals surface area contributed by atoms with Gasteiger partial charge in [-0.3, -0.25) is 4.79 Å². The van der Waals surface area contributed by atoms with Crippen LogP contribution in [0.15, 0.2) is 73.4 Å². The highest BCUT2D eigenvalue weighted by Gasteiger charge is 2.45. The van der Waals surface area contributed by atoms with Gasteiger partial charge in [-0.15, -0.1) is 0 Å². The van der Waals surface area contributed by atoms with Crippen LogP contribution in [0.2, 0.25) is 0 Å². The zero-order valence-electron chi connectivity index (χ0n) is 12.7. The number of carbonyl (C=O) groups is 1. The average molecular weight is 291 g/mol. The fraction of sp³-hybridized carbons (Fsp3) is 0.250. The zero-order valence-corrected chi connectivity index (χ0v) is 12.7. The molecule has 1 heterocycles. The van der Waals surface area contributed by atoms with Gasteiger partial charge in [0.1, 0.15) is 0 Å². The minimum Gasteiger partial charge on any atom is -0.319 e. The molecule has 0 spiro atoms. The van der Waals surface area contributed by atoms with E-state index >= 15 is 0 Å². The Morgan fingerprint density at radius 3 is 1.86 bits per heavy atom. The third-order valence-electron chi connectivity index (χ3n) is 4.54. The Kier molecular flexibility index (Phi) is 4.10. The van der Waals surface area contributed by atoms with Crippen molar-refractivity contribution in [2.75, 3.05) is 6.54 Å². The molecule has 0 unspecified atom stereocenters. The van der Waals surface area contributed by atoms with E-state index in [0.29, 0.717) is 0 Å². The van der Waals surface area contributed by atoms with E-state index in [1.807, 2.05) is 36.4 Å². The van der Waals surface area contributed by atoms with Crippen molar-refractivity contribution in [3.8, 4) is 0 Å². The first-order valence-corrected chi connectivity index (χ1v) is 7.75. The molecule has 1 saturated heterocycles. The Morgan fingerprint density at radius 1 is 0.955 bits per heavy atom. The zero-order chi connectivity index (χ0) is 15.4. The number of hydrogen-bond donors (Lipinski definition) is 0. The Labute approximate surface area is 132 Å². The molecule has 0 atom stereocenters. The second-order valence-electron chi connectivity index (χ2n) is 6.04. The number of hydrogen-bond acceptors (Lipinski definition) is 1. The number of amides is 1. The summed E-state index contributed by atoms with van der Waals surface area (Å²) in [4.78, 5) is 14.7. The van der Waals surface area contributed by atoms with Gasteiger partial charge in [0.25, 0.3) is 0 Å². The first-order valence-electron chi connectivity index (χ1n) is 7.75. The summed E-state index contributed by atoms with van der Waals surface area (Å²) in [5.74, 6) is 0.204. The molecule has 2 aromatic carbocycles. The summed E-state index contributed by atoms with van der Waals surface area (Å²) in [7, 11) is 0. The molecule has 3 rings (SSSR count). The van der Waals surface area contributed by atoms with Gasteiger partial charge in [-0.25, -0.2) is 0 Å². The van der Waals surface area contributed by atoms with Crippen LogP contribution in [0, 0.1) is 5.41 Å². The Bertz CT molecular complexity index is 606. The van der Waals surface area contributed by atoms with E-state index in [-0.39, 0.29) is 11.3 Å². The SMILES string of the molecule is C=CN1CCC(Cc2ccccc2)(Cc2ccccc2)C1=O. The first kappa shape index (κ1) is 14.6. The van der Waals surface area contributed by atoms with Crippen LogP contribution in [0.25, 0.3) is 0 Å². The van der Waals surface area contributed by atoms with E-state index in [1.54, 1.807) is 11.1 Å². The Morgan fingerprint density at radius 2 is 1.45 bits per heavy atom. The van der Waals surface area contributed by atoms with Gasteiger partial charge in [0.05, 0.1) is 5.41 Å². The highest BCUT2D eigenvalue weighted by Crippen LogP contribution is 2.39. The van der Waals surface area contributed by atoms with Crippen LogP contribution in [0.4, 0.5) is 0 Å². The molecule has 1 aliphatic rings. The third-order valence-corrected chi connectivity index (χ3v) is 4.54. The predicted molar refractivity (Wildman–Crippen MR) is 89.3 cm³/mol. The molecule has 0 radical (unpaired) electrons. The van der Waals surface area contributed by atoms with Crippen LogP contribution >= 0.6 is 0 Å². The Balaban J connectivity index is 1.92. The molecule has 1 aliphatic heterocycles. The second-order valence-corrected chi connectivity index (χ2v) is 6.04. The van der Waals surface area contributed by atoms with Crippen molar-refractivity contribution in [2.45, 2.75) is 19.3 Å². The molecule has 0 saturated carbocycles. The van der Waals surface area contributed by atoms with Crippen LogP contribution < -0.4 is 0 Å². The van der Waals surface area contributed by atoms with E-state index in [1.165, 1.54) is 11.1 Å². The molecule has 1 fully saturated rings. The fourth-order valence-electron chi connectivity index (χ4n) is 3.39. The fourth-order valence-corrected chi connectivity index (χ4v) is 3.39. The minimum atomic E-state index is -0.350. The summed E-state index contributed by atoms with van der Waals surface area (Å²) < 4.78 is 0. The lowest BCUT2D eigenvalue weighted by Crippen LogP contribution is -2.35. The number of nitrogens with zero attached hydrogens (tertiary/aromatic N) is 1. The third kappa shape index (κ3) is 2.82. The number of likely N-dealkylation sites (tertiary alicyclic amines) is 1. The lowest BCUT2D eigenvalue weighted by molar-refractivity contribution is -0.133. The molecular formula is C20H21NO. The summed E-state index contributed by atoms with van der Waals surface area (Å²) in [5, 5.41) is 0. The van der Waals surface area contributed by atoms with E-state index < -0.39 is 0 Å². The van der Waals surface area contributed by atoms with Gasteiger partial charge in [0.15, 0.2) is 0 Å². The number of benzene rings is 2. The van der Waals surface area contributed by atoms with Gasteiger partial charge >= 0.3 is 0 Å². The molecule has 1 amide bonds. The van der Waals surface area contributed by atoms with E-state index in [2.05, 4.69) is 30.8 Å². The van der Waals surface area contributed by atoms with Crippen LogP contribution in [0.3, 0.4) is 0 Å². The van der Waals surface area contributed by atoms with Gasteiger partial charge in [-0.2, -0.15) is 0 Å². The Hall–Kier alpha value is -2.35. The first-order chi connectivity index (χ1) is 10.7. The summed E-state index contributed by atoms with van der Waals surface area (Å²) in [5.41, 5.74) is 2.09. The summed E-state index contributed by atoms with van der Waals surface area (Å²) in [6, 6.07) is 20.6. The largest absolute Gasteiger partial charge is 0.319 e. The van der Waals surface area contributed by atoms with Crippen molar-refractivity contribution in [2.24, 2.45) is 5.41 Å². The molecule has 2 aromatic rings. The molecule has 22 heavy (non-hydrogen) atoms. The summed E-state index contributed by atoms with van der Waals surface area (Å²) in [6.45, 7) is 4.54. The lowest BCUT2D eigenvalue weighted by atomic mass is 9.75. The molecule has 2 heteroatoms.